The molecule has 1 heterocycles. The van der Waals surface area contributed by atoms with Gasteiger partial charge in [-0.05, 0) is 52.9 Å². The minimum Gasteiger partial charge on any atom is -0.333 e. The summed E-state index contributed by atoms with van der Waals surface area (Å²) in [5, 5.41) is 0. The molecule has 0 unspecified atom stereocenters. The maximum Gasteiger partial charge on any atom is 0.124 e. The Bertz CT molecular complexity index is 343. The van der Waals surface area contributed by atoms with Gasteiger partial charge in [0.2, 0.25) is 0 Å². The first-order valence-corrected chi connectivity index (χ1v) is 6.95. The van der Waals surface area contributed by atoms with Gasteiger partial charge in [0.05, 0.1) is 6.33 Å². The van der Waals surface area contributed by atoms with Crippen LogP contribution in [-0.2, 0) is 0 Å². The van der Waals surface area contributed by atoms with Gasteiger partial charge in [0.15, 0.2) is 0 Å². The first kappa shape index (κ1) is 12.2. The average Bonchev–Trinajstić information content (AvgIpc) is 2.64. The minimum absolute atomic E-state index is 0.473. The topological polar surface area (TPSA) is 17.8 Å². The minimum atomic E-state index is 0.473. The standard InChI is InChI=1S/C13H21BrN2/c1-13(2,3)10-4-6-11(7-5-10)16-8-12(14)15-9-16/h8-11H,4-7H2,1-3H3. The van der Waals surface area contributed by atoms with E-state index in [9.17, 15) is 0 Å². The summed E-state index contributed by atoms with van der Waals surface area (Å²) in [4.78, 5) is 4.24. The molecule has 1 aliphatic carbocycles. The molecule has 0 aromatic carbocycles. The van der Waals surface area contributed by atoms with Crippen molar-refractivity contribution >= 4 is 15.9 Å². The third kappa shape index (κ3) is 2.68. The van der Waals surface area contributed by atoms with E-state index in [4.69, 9.17) is 0 Å². The van der Waals surface area contributed by atoms with Crippen LogP contribution in [0.4, 0.5) is 0 Å². The fraction of sp³-hybridized carbons (Fsp3) is 0.769. The molecule has 3 heteroatoms. The Labute approximate surface area is 107 Å². The average molecular weight is 285 g/mol. The zero-order chi connectivity index (χ0) is 11.8. The van der Waals surface area contributed by atoms with Crippen LogP contribution in [0.3, 0.4) is 0 Å². The molecule has 0 amide bonds. The molecule has 1 aromatic heterocycles. The van der Waals surface area contributed by atoms with Gasteiger partial charge < -0.3 is 4.57 Å². The van der Waals surface area contributed by atoms with E-state index >= 15 is 0 Å². The van der Waals surface area contributed by atoms with Crippen LogP contribution in [0.2, 0.25) is 0 Å². The summed E-state index contributed by atoms with van der Waals surface area (Å²) in [6, 6.07) is 0.664. The van der Waals surface area contributed by atoms with Gasteiger partial charge in [-0.25, -0.2) is 4.98 Å². The fourth-order valence-corrected chi connectivity index (χ4v) is 3.08. The number of halogens is 1. The number of aromatic nitrogens is 2. The summed E-state index contributed by atoms with van der Waals surface area (Å²) in [5.74, 6) is 0.885. The molecule has 2 nitrogen and oxygen atoms in total. The van der Waals surface area contributed by atoms with Gasteiger partial charge in [-0.1, -0.05) is 20.8 Å². The molecular formula is C13H21BrN2. The van der Waals surface area contributed by atoms with Crippen LogP contribution >= 0.6 is 15.9 Å². The van der Waals surface area contributed by atoms with Crippen molar-refractivity contribution in [2.45, 2.75) is 52.5 Å². The second kappa shape index (κ2) is 4.52. The molecule has 1 aromatic rings. The quantitative estimate of drug-likeness (QED) is 0.746. The van der Waals surface area contributed by atoms with Gasteiger partial charge in [0.1, 0.15) is 4.60 Å². The third-order valence-corrected chi connectivity index (χ3v) is 4.32. The number of imidazole rings is 1. The van der Waals surface area contributed by atoms with E-state index in [0.29, 0.717) is 11.5 Å². The number of hydrogen-bond acceptors (Lipinski definition) is 1. The van der Waals surface area contributed by atoms with Gasteiger partial charge >= 0.3 is 0 Å². The van der Waals surface area contributed by atoms with Gasteiger partial charge in [0, 0.05) is 12.2 Å². The van der Waals surface area contributed by atoms with Crippen molar-refractivity contribution in [3.8, 4) is 0 Å². The van der Waals surface area contributed by atoms with Crippen LogP contribution < -0.4 is 0 Å². The lowest BCUT2D eigenvalue weighted by Crippen LogP contribution is -2.26. The molecule has 1 saturated carbocycles. The van der Waals surface area contributed by atoms with Crippen LogP contribution in [0.1, 0.15) is 52.5 Å². The summed E-state index contributed by atoms with van der Waals surface area (Å²) in [6.45, 7) is 7.10. The Morgan fingerprint density at radius 3 is 2.31 bits per heavy atom. The van der Waals surface area contributed by atoms with Crippen molar-refractivity contribution in [1.82, 2.24) is 9.55 Å². The van der Waals surface area contributed by atoms with E-state index in [2.05, 4.69) is 52.4 Å². The molecule has 0 spiro atoms. The molecular weight excluding hydrogens is 264 g/mol. The zero-order valence-corrected chi connectivity index (χ0v) is 12.0. The lowest BCUT2D eigenvalue weighted by Gasteiger charge is -2.37. The summed E-state index contributed by atoms with van der Waals surface area (Å²) in [5.41, 5.74) is 0.473. The number of nitrogens with zero attached hydrogens (tertiary/aromatic N) is 2. The second-order valence-electron chi connectivity index (χ2n) is 6.02. The Morgan fingerprint density at radius 2 is 1.88 bits per heavy atom. The highest BCUT2D eigenvalue weighted by Crippen LogP contribution is 2.41. The molecule has 0 radical (unpaired) electrons. The Morgan fingerprint density at radius 1 is 1.25 bits per heavy atom. The molecule has 90 valence electrons. The highest BCUT2D eigenvalue weighted by molar-refractivity contribution is 9.10. The predicted octanol–water partition coefficient (Wildman–Crippen LogP) is 4.42. The van der Waals surface area contributed by atoms with E-state index in [1.807, 2.05) is 6.33 Å². The van der Waals surface area contributed by atoms with E-state index in [1.54, 1.807) is 0 Å². The zero-order valence-electron chi connectivity index (χ0n) is 10.4. The van der Waals surface area contributed by atoms with Crippen LogP contribution in [-0.4, -0.2) is 9.55 Å². The first-order chi connectivity index (χ1) is 7.47. The Balaban J connectivity index is 1.95. The van der Waals surface area contributed by atoms with Gasteiger partial charge in [-0.2, -0.15) is 0 Å². The summed E-state index contributed by atoms with van der Waals surface area (Å²) < 4.78 is 3.22. The SMILES string of the molecule is CC(C)(C)C1CCC(n2cnc(Br)c2)CC1. The molecule has 1 aliphatic rings. The van der Waals surface area contributed by atoms with Crippen molar-refractivity contribution in [1.29, 1.82) is 0 Å². The van der Waals surface area contributed by atoms with Crippen molar-refractivity contribution in [3.05, 3.63) is 17.1 Å². The van der Waals surface area contributed by atoms with Crippen molar-refractivity contribution < 1.29 is 0 Å². The van der Waals surface area contributed by atoms with Crippen LogP contribution in [0.5, 0.6) is 0 Å². The molecule has 0 saturated heterocycles. The third-order valence-electron chi connectivity index (χ3n) is 3.91. The van der Waals surface area contributed by atoms with Crippen LogP contribution in [0.25, 0.3) is 0 Å². The number of hydrogen-bond donors (Lipinski definition) is 0. The van der Waals surface area contributed by atoms with Crippen LogP contribution in [0.15, 0.2) is 17.1 Å². The van der Waals surface area contributed by atoms with Gasteiger partial charge in [0.25, 0.3) is 0 Å². The summed E-state index contributed by atoms with van der Waals surface area (Å²) in [6.07, 6.45) is 9.34. The summed E-state index contributed by atoms with van der Waals surface area (Å²) in [7, 11) is 0. The normalized spacial score (nSPS) is 27.0. The molecule has 0 atom stereocenters. The molecule has 0 bridgehead atoms. The van der Waals surface area contributed by atoms with Crippen LogP contribution in [0, 0.1) is 11.3 Å². The smallest absolute Gasteiger partial charge is 0.124 e. The van der Waals surface area contributed by atoms with E-state index < -0.39 is 0 Å². The predicted molar refractivity (Wildman–Crippen MR) is 70.4 cm³/mol. The molecule has 0 N–H and O–H groups in total. The van der Waals surface area contributed by atoms with E-state index in [1.165, 1.54) is 25.7 Å². The Kier molecular flexibility index (Phi) is 3.43. The van der Waals surface area contributed by atoms with Crippen molar-refractivity contribution in [3.63, 3.8) is 0 Å². The molecule has 1 fully saturated rings. The number of rotatable bonds is 1. The fourth-order valence-electron chi connectivity index (χ4n) is 2.75. The molecule has 2 rings (SSSR count). The second-order valence-corrected chi connectivity index (χ2v) is 6.83. The molecule has 16 heavy (non-hydrogen) atoms. The highest BCUT2D eigenvalue weighted by Gasteiger charge is 2.30. The Hall–Kier alpha value is -0.310. The lowest BCUT2D eigenvalue weighted by atomic mass is 9.71. The largest absolute Gasteiger partial charge is 0.333 e. The van der Waals surface area contributed by atoms with E-state index in [-0.39, 0.29) is 0 Å². The maximum absolute atomic E-state index is 4.24. The monoisotopic (exact) mass is 284 g/mol. The van der Waals surface area contributed by atoms with E-state index in [0.717, 1.165) is 10.5 Å². The lowest BCUT2D eigenvalue weighted by molar-refractivity contribution is 0.152. The molecule has 0 aliphatic heterocycles. The summed E-state index contributed by atoms with van der Waals surface area (Å²) >= 11 is 3.41. The van der Waals surface area contributed by atoms with Gasteiger partial charge in [-0.15, -0.1) is 0 Å². The first-order valence-electron chi connectivity index (χ1n) is 6.16. The van der Waals surface area contributed by atoms with Crippen molar-refractivity contribution in [2.75, 3.05) is 0 Å². The maximum atomic E-state index is 4.24. The van der Waals surface area contributed by atoms with Crippen molar-refractivity contribution in [2.24, 2.45) is 11.3 Å². The van der Waals surface area contributed by atoms with Gasteiger partial charge in [-0.3, -0.25) is 0 Å². The highest BCUT2D eigenvalue weighted by atomic mass is 79.9.